The van der Waals surface area contributed by atoms with Crippen LogP contribution in [0.1, 0.15) is 25.0 Å². The van der Waals surface area contributed by atoms with Crippen LogP contribution >= 0.6 is 27.5 Å². The van der Waals surface area contributed by atoms with Crippen LogP contribution in [0.15, 0.2) is 34.8 Å². The van der Waals surface area contributed by atoms with Crippen LogP contribution in [0.2, 0.25) is 5.02 Å². The van der Waals surface area contributed by atoms with Crippen molar-refractivity contribution in [3.05, 3.63) is 56.8 Å². The van der Waals surface area contributed by atoms with Gasteiger partial charge in [0.05, 0.1) is 12.1 Å². The van der Waals surface area contributed by atoms with Gasteiger partial charge in [0.25, 0.3) is 0 Å². The highest BCUT2D eigenvalue weighted by atomic mass is 79.9. The van der Waals surface area contributed by atoms with Gasteiger partial charge in [0.2, 0.25) is 0 Å². The van der Waals surface area contributed by atoms with Gasteiger partial charge >= 0.3 is 5.97 Å². The highest BCUT2D eigenvalue weighted by molar-refractivity contribution is 9.10. The fraction of sp³-hybridized carbons (Fsp3) is 0.350. The van der Waals surface area contributed by atoms with E-state index in [0.29, 0.717) is 21.5 Å². The van der Waals surface area contributed by atoms with Crippen LogP contribution in [0.25, 0.3) is 0 Å². The lowest BCUT2D eigenvalue weighted by atomic mass is 10.0. The largest absolute Gasteiger partial charge is 0.493 e. The molecule has 28 heavy (non-hydrogen) atoms. The van der Waals surface area contributed by atoms with Crippen molar-refractivity contribution in [3.63, 3.8) is 0 Å². The van der Waals surface area contributed by atoms with Crippen molar-refractivity contribution in [1.82, 2.24) is 5.32 Å². The second kappa shape index (κ2) is 10.1. The van der Waals surface area contributed by atoms with Crippen molar-refractivity contribution in [3.8, 4) is 11.5 Å². The van der Waals surface area contributed by atoms with Crippen LogP contribution in [-0.4, -0.2) is 24.2 Å². The summed E-state index contributed by atoms with van der Waals surface area (Å²) in [5.41, 5.74) is 0.898. The zero-order valence-electron chi connectivity index (χ0n) is 15.8. The maximum atomic E-state index is 14.1. The molecular formula is C20H22BrClFNO4. The number of carboxylic acid groups (broad SMARTS) is 1. The third-order valence-corrected chi connectivity index (χ3v) is 5.34. The summed E-state index contributed by atoms with van der Waals surface area (Å²) >= 11 is 9.54. The Balaban J connectivity index is 2.32. The second-order valence-electron chi connectivity index (χ2n) is 6.49. The summed E-state index contributed by atoms with van der Waals surface area (Å²) in [7, 11) is 1.50. The molecule has 0 spiro atoms. The van der Waals surface area contributed by atoms with Crippen LogP contribution in [0, 0.1) is 11.7 Å². The molecule has 0 amide bonds. The lowest BCUT2D eigenvalue weighted by Gasteiger charge is -2.21. The summed E-state index contributed by atoms with van der Waals surface area (Å²) in [4.78, 5) is 11.5. The molecule has 0 fully saturated rings. The van der Waals surface area contributed by atoms with E-state index < -0.39 is 17.8 Å². The second-order valence-corrected chi connectivity index (χ2v) is 7.75. The molecule has 2 aromatic rings. The lowest BCUT2D eigenvalue weighted by Crippen LogP contribution is -2.40. The smallest absolute Gasteiger partial charge is 0.320 e. The number of hydrogen-bond donors (Lipinski definition) is 2. The molecule has 8 heteroatoms. The van der Waals surface area contributed by atoms with Crippen molar-refractivity contribution in [2.24, 2.45) is 5.92 Å². The van der Waals surface area contributed by atoms with Crippen molar-refractivity contribution in [2.75, 3.05) is 7.11 Å². The van der Waals surface area contributed by atoms with Crippen molar-refractivity contribution in [2.45, 2.75) is 33.0 Å². The zero-order valence-corrected chi connectivity index (χ0v) is 18.1. The van der Waals surface area contributed by atoms with Gasteiger partial charge in [-0.15, -0.1) is 0 Å². The average Bonchev–Trinajstić information content (AvgIpc) is 2.62. The van der Waals surface area contributed by atoms with Gasteiger partial charge in [-0.1, -0.05) is 47.4 Å². The first kappa shape index (κ1) is 22.5. The predicted octanol–water partition coefficient (Wildman–Crippen LogP) is 5.03. The van der Waals surface area contributed by atoms with E-state index in [0.717, 1.165) is 0 Å². The Hall–Kier alpha value is -1.83. The third kappa shape index (κ3) is 5.37. The Morgan fingerprint density at radius 3 is 2.57 bits per heavy atom. The highest BCUT2D eigenvalue weighted by Crippen LogP contribution is 2.37. The van der Waals surface area contributed by atoms with Gasteiger partial charge in [0.1, 0.15) is 18.5 Å². The Bertz CT molecular complexity index is 827. The number of carbonyl (C=O) groups is 1. The summed E-state index contributed by atoms with van der Waals surface area (Å²) in [5, 5.41) is 12.7. The van der Waals surface area contributed by atoms with Crippen LogP contribution in [0.3, 0.4) is 0 Å². The van der Waals surface area contributed by atoms with Gasteiger partial charge in [-0.3, -0.25) is 10.1 Å². The van der Waals surface area contributed by atoms with Crippen molar-refractivity contribution >= 4 is 33.5 Å². The Kier molecular flexibility index (Phi) is 8.10. The molecule has 1 atom stereocenters. The molecule has 0 aromatic heterocycles. The quantitative estimate of drug-likeness (QED) is 0.534. The van der Waals surface area contributed by atoms with E-state index in [9.17, 15) is 14.3 Å². The minimum atomic E-state index is -0.936. The van der Waals surface area contributed by atoms with Gasteiger partial charge in [-0.05, 0) is 30.2 Å². The molecule has 0 bridgehead atoms. The van der Waals surface area contributed by atoms with Gasteiger partial charge in [-0.2, -0.15) is 0 Å². The van der Waals surface area contributed by atoms with Gasteiger partial charge in [0.15, 0.2) is 11.5 Å². The standard InChI is InChI=1S/C20H22BrClFNO4/c1-11(2)18(20(25)26)24-9-12-14(21)7-8-17(27-3)19(12)28-10-13-15(22)5-4-6-16(13)23/h4-8,11,18,24H,9-10H2,1-3H3,(H,25,26). The van der Waals surface area contributed by atoms with E-state index in [4.69, 9.17) is 21.1 Å². The lowest BCUT2D eigenvalue weighted by molar-refractivity contribution is -0.140. The molecule has 0 aliphatic heterocycles. The number of carboxylic acids is 1. The number of benzene rings is 2. The normalized spacial score (nSPS) is 12.1. The Morgan fingerprint density at radius 1 is 1.29 bits per heavy atom. The third-order valence-electron chi connectivity index (χ3n) is 4.24. The average molecular weight is 475 g/mol. The van der Waals surface area contributed by atoms with Crippen LogP contribution in [0.4, 0.5) is 4.39 Å². The summed E-state index contributed by atoms with van der Waals surface area (Å²) < 4.78 is 26.0. The summed E-state index contributed by atoms with van der Waals surface area (Å²) in [5.74, 6) is -0.676. The predicted molar refractivity (Wildman–Crippen MR) is 110 cm³/mol. The summed E-state index contributed by atoms with van der Waals surface area (Å²) in [6, 6.07) is 7.18. The Labute approximate surface area is 176 Å². The van der Waals surface area contributed by atoms with Gasteiger partial charge in [-0.25, -0.2) is 4.39 Å². The van der Waals surface area contributed by atoms with E-state index in [1.807, 2.05) is 13.8 Å². The first-order valence-electron chi connectivity index (χ1n) is 8.63. The van der Waals surface area contributed by atoms with Gasteiger partial charge < -0.3 is 14.6 Å². The van der Waals surface area contributed by atoms with E-state index in [2.05, 4.69) is 21.2 Å². The number of aliphatic carboxylic acids is 1. The number of ether oxygens (including phenoxy) is 2. The van der Waals surface area contributed by atoms with E-state index >= 15 is 0 Å². The van der Waals surface area contributed by atoms with E-state index in [1.54, 1.807) is 18.2 Å². The molecule has 0 radical (unpaired) electrons. The molecule has 2 N–H and O–H groups in total. The Morgan fingerprint density at radius 2 is 2.00 bits per heavy atom. The molecule has 0 saturated carbocycles. The highest BCUT2D eigenvalue weighted by Gasteiger charge is 2.23. The zero-order chi connectivity index (χ0) is 20.8. The maximum absolute atomic E-state index is 14.1. The SMILES string of the molecule is COc1ccc(Br)c(CNC(C(=O)O)C(C)C)c1OCc1c(F)cccc1Cl. The van der Waals surface area contributed by atoms with Gasteiger partial charge in [0, 0.05) is 22.1 Å². The maximum Gasteiger partial charge on any atom is 0.320 e. The topological polar surface area (TPSA) is 67.8 Å². The molecular weight excluding hydrogens is 453 g/mol. The molecule has 152 valence electrons. The van der Waals surface area contributed by atoms with E-state index in [1.165, 1.54) is 19.2 Å². The molecule has 5 nitrogen and oxygen atoms in total. The molecule has 0 aliphatic carbocycles. The number of hydrogen-bond acceptors (Lipinski definition) is 4. The summed E-state index contributed by atoms with van der Waals surface area (Å²) in [6.07, 6.45) is 0. The first-order chi connectivity index (χ1) is 13.3. The molecule has 2 rings (SSSR count). The van der Waals surface area contributed by atoms with Crippen LogP contribution in [-0.2, 0) is 17.9 Å². The number of rotatable bonds is 9. The molecule has 1 unspecified atom stereocenters. The fourth-order valence-corrected chi connectivity index (χ4v) is 3.37. The number of halogens is 3. The molecule has 0 saturated heterocycles. The fourth-order valence-electron chi connectivity index (χ4n) is 2.70. The van der Waals surface area contributed by atoms with Crippen molar-refractivity contribution < 1.29 is 23.8 Å². The molecule has 0 aliphatic rings. The van der Waals surface area contributed by atoms with Crippen molar-refractivity contribution in [1.29, 1.82) is 0 Å². The minimum absolute atomic E-state index is 0.0993. The number of methoxy groups -OCH3 is 1. The molecule has 2 aromatic carbocycles. The van der Waals surface area contributed by atoms with Crippen LogP contribution in [0.5, 0.6) is 11.5 Å². The number of nitrogens with one attached hydrogen (secondary N) is 1. The monoisotopic (exact) mass is 473 g/mol. The summed E-state index contributed by atoms with van der Waals surface area (Å²) in [6.45, 7) is 3.76. The first-order valence-corrected chi connectivity index (χ1v) is 9.80. The molecule has 0 heterocycles. The minimum Gasteiger partial charge on any atom is -0.493 e. The van der Waals surface area contributed by atoms with Crippen LogP contribution < -0.4 is 14.8 Å². The van der Waals surface area contributed by atoms with E-state index in [-0.39, 0.29) is 29.7 Å².